The number of fused-ring (bicyclic) bond motifs is 5. The van der Waals surface area contributed by atoms with Gasteiger partial charge in [0, 0.05) is 0 Å². The molecule has 4 heteroatoms. The van der Waals surface area contributed by atoms with E-state index in [1.54, 1.807) is 0 Å². The summed E-state index contributed by atoms with van der Waals surface area (Å²) < 4.78 is 0. The van der Waals surface area contributed by atoms with Crippen molar-refractivity contribution in [2.45, 2.75) is 27.7 Å². The highest BCUT2D eigenvalue weighted by Gasteiger charge is 2.39. The second-order valence-corrected chi connectivity index (χ2v) is 11.7. The number of hydrogen-bond acceptors (Lipinski definition) is 4. The fourth-order valence-electron chi connectivity index (χ4n) is 6.89. The number of aromatic nitrogens is 2. The largest absolute Gasteiger partial charge is 0.276 e. The van der Waals surface area contributed by atoms with Crippen LogP contribution >= 0.6 is 0 Å². The Morgan fingerprint density at radius 2 is 0.818 bits per heavy atom. The Morgan fingerprint density at radius 1 is 0.432 bits per heavy atom. The molecular weight excluding hydrogens is 536 g/mol. The van der Waals surface area contributed by atoms with Gasteiger partial charge < -0.3 is 0 Å². The molecule has 0 saturated carbocycles. The van der Waals surface area contributed by atoms with Crippen molar-refractivity contribution in [3.63, 3.8) is 0 Å². The van der Waals surface area contributed by atoms with Crippen LogP contribution in [-0.2, 0) is 0 Å². The molecule has 0 saturated heterocycles. The van der Waals surface area contributed by atoms with E-state index in [9.17, 15) is 0 Å². The maximum Gasteiger partial charge on any atom is 0.183 e. The third-order valence-corrected chi connectivity index (χ3v) is 8.87. The van der Waals surface area contributed by atoms with Crippen molar-refractivity contribution < 1.29 is 0 Å². The van der Waals surface area contributed by atoms with E-state index in [1.807, 2.05) is 24.3 Å². The lowest BCUT2D eigenvalue weighted by molar-refractivity contribution is 1.08. The summed E-state index contributed by atoms with van der Waals surface area (Å²) in [5, 5.41) is 0. The monoisotopic (exact) mass is 568 g/mol. The van der Waals surface area contributed by atoms with Crippen molar-refractivity contribution in [2.24, 2.45) is 0 Å². The SMILES string of the molecule is Cc1cccc(C)c1N1C(=CC=C2c3ccccc3-c3ccccc32)N(c2c(C)cccc2C)c2nc3ccccc3nc21. The summed E-state index contributed by atoms with van der Waals surface area (Å²) in [5.74, 6) is 2.67. The number of anilines is 4. The topological polar surface area (TPSA) is 32.3 Å². The first kappa shape index (κ1) is 26.2. The molecule has 4 nitrogen and oxygen atoms in total. The number of benzene rings is 5. The fraction of sp³-hybridized carbons (Fsp3) is 0.100. The van der Waals surface area contributed by atoms with Crippen LogP contribution in [0.2, 0.25) is 0 Å². The summed E-state index contributed by atoms with van der Waals surface area (Å²) in [6.45, 7) is 8.71. The van der Waals surface area contributed by atoms with E-state index in [-0.39, 0.29) is 0 Å². The molecule has 0 spiro atoms. The van der Waals surface area contributed by atoms with Crippen LogP contribution in [0.15, 0.2) is 127 Å². The zero-order valence-electron chi connectivity index (χ0n) is 25.3. The van der Waals surface area contributed by atoms with E-state index < -0.39 is 0 Å². The van der Waals surface area contributed by atoms with Gasteiger partial charge in [0.2, 0.25) is 0 Å². The molecule has 1 aliphatic heterocycles. The molecule has 6 aromatic rings. The van der Waals surface area contributed by atoms with Gasteiger partial charge in [-0.25, -0.2) is 9.97 Å². The molecule has 0 fully saturated rings. The average Bonchev–Trinajstić information content (AvgIpc) is 3.51. The van der Waals surface area contributed by atoms with E-state index in [1.165, 1.54) is 50.1 Å². The molecule has 0 bridgehead atoms. The van der Waals surface area contributed by atoms with Crippen molar-refractivity contribution in [1.82, 2.24) is 9.97 Å². The highest BCUT2D eigenvalue weighted by atomic mass is 15.5. The zero-order chi connectivity index (χ0) is 29.9. The van der Waals surface area contributed by atoms with Gasteiger partial charge >= 0.3 is 0 Å². The number of rotatable bonds is 3. The van der Waals surface area contributed by atoms with Crippen LogP contribution in [0.3, 0.4) is 0 Å². The Hall–Kier alpha value is -5.48. The zero-order valence-corrected chi connectivity index (χ0v) is 25.3. The van der Waals surface area contributed by atoms with Gasteiger partial charge in [0.1, 0.15) is 5.82 Å². The van der Waals surface area contributed by atoms with Gasteiger partial charge in [-0.05, 0) is 96.0 Å². The molecule has 1 aromatic heterocycles. The molecule has 2 heterocycles. The minimum atomic E-state index is 0.834. The van der Waals surface area contributed by atoms with Crippen LogP contribution in [0, 0.1) is 27.7 Å². The predicted octanol–water partition coefficient (Wildman–Crippen LogP) is 10.1. The number of aryl methyl sites for hydroxylation is 4. The standard InChI is InChI=1S/C40H32N4/c1-25-13-11-14-26(2)37(25)43-36(24-23-33-31-19-7-5-17-29(31)30-18-6-8-20-32(30)33)44(38-27(3)15-12-16-28(38)4)40-39(43)41-34-21-9-10-22-35(34)42-40/h5-24H,1-4H3. The van der Waals surface area contributed by atoms with Crippen molar-refractivity contribution in [2.75, 3.05) is 9.80 Å². The number of hydrogen-bond donors (Lipinski definition) is 0. The molecule has 5 aromatic carbocycles. The molecule has 0 unspecified atom stereocenters. The Morgan fingerprint density at radius 3 is 1.25 bits per heavy atom. The minimum Gasteiger partial charge on any atom is -0.276 e. The highest BCUT2D eigenvalue weighted by molar-refractivity contribution is 6.02. The first-order chi connectivity index (χ1) is 21.5. The Balaban J connectivity index is 1.46. The molecule has 2 aliphatic rings. The van der Waals surface area contributed by atoms with E-state index in [4.69, 9.17) is 9.97 Å². The van der Waals surface area contributed by atoms with Crippen LogP contribution in [0.1, 0.15) is 33.4 Å². The Bertz CT molecular complexity index is 2000. The van der Waals surface area contributed by atoms with E-state index >= 15 is 0 Å². The maximum atomic E-state index is 5.29. The predicted molar refractivity (Wildman–Crippen MR) is 183 cm³/mol. The van der Waals surface area contributed by atoms with Gasteiger partial charge in [-0.1, -0.05) is 103 Å². The Kier molecular flexibility index (Phi) is 5.98. The van der Waals surface area contributed by atoms with Crippen molar-refractivity contribution in [3.8, 4) is 11.1 Å². The number of nitrogens with zero attached hydrogens (tertiary/aromatic N) is 4. The van der Waals surface area contributed by atoms with Gasteiger partial charge in [0.25, 0.3) is 0 Å². The van der Waals surface area contributed by atoms with Gasteiger partial charge in [0.05, 0.1) is 22.4 Å². The summed E-state index contributed by atoms with van der Waals surface area (Å²) in [6, 6.07) is 38.5. The lowest BCUT2D eigenvalue weighted by Gasteiger charge is -2.28. The first-order valence-electron chi connectivity index (χ1n) is 15.1. The highest BCUT2D eigenvalue weighted by Crippen LogP contribution is 2.51. The molecule has 8 rings (SSSR count). The van der Waals surface area contributed by atoms with Crippen LogP contribution in [-0.4, -0.2) is 9.97 Å². The first-order valence-corrected chi connectivity index (χ1v) is 15.1. The molecular formula is C40H32N4. The van der Waals surface area contributed by atoms with Crippen LogP contribution in [0.5, 0.6) is 0 Å². The minimum absolute atomic E-state index is 0.834. The number of para-hydroxylation sites is 4. The van der Waals surface area contributed by atoms with Crippen molar-refractivity contribution in [3.05, 3.63) is 161 Å². The molecule has 44 heavy (non-hydrogen) atoms. The smallest absolute Gasteiger partial charge is 0.183 e. The number of allylic oxidation sites excluding steroid dienone is 2. The lowest BCUT2D eigenvalue weighted by atomic mass is 10.0. The summed E-state index contributed by atoms with van der Waals surface area (Å²) in [7, 11) is 0. The molecule has 0 atom stereocenters. The van der Waals surface area contributed by atoms with Gasteiger partial charge in [-0.2, -0.15) is 0 Å². The second-order valence-electron chi connectivity index (χ2n) is 11.7. The summed E-state index contributed by atoms with van der Waals surface area (Å²) >= 11 is 0. The fourth-order valence-corrected chi connectivity index (χ4v) is 6.89. The van der Waals surface area contributed by atoms with E-state index in [2.05, 4.69) is 135 Å². The second kappa shape index (κ2) is 10.1. The van der Waals surface area contributed by atoms with Crippen molar-refractivity contribution in [1.29, 1.82) is 0 Å². The lowest BCUT2D eigenvalue weighted by Crippen LogP contribution is -2.24. The van der Waals surface area contributed by atoms with Crippen LogP contribution in [0.25, 0.3) is 27.7 Å². The van der Waals surface area contributed by atoms with E-state index in [0.717, 1.165) is 39.9 Å². The summed E-state index contributed by atoms with van der Waals surface area (Å²) in [6.07, 6.45) is 4.55. The van der Waals surface area contributed by atoms with Gasteiger partial charge in [-0.15, -0.1) is 0 Å². The summed E-state index contributed by atoms with van der Waals surface area (Å²) in [4.78, 5) is 15.2. The molecule has 0 amide bonds. The van der Waals surface area contributed by atoms with Gasteiger partial charge in [0.15, 0.2) is 11.6 Å². The van der Waals surface area contributed by atoms with Crippen molar-refractivity contribution >= 4 is 39.6 Å². The van der Waals surface area contributed by atoms with Gasteiger partial charge in [-0.3, -0.25) is 9.80 Å². The normalized spacial score (nSPS) is 13.3. The third-order valence-electron chi connectivity index (χ3n) is 8.87. The average molecular weight is 569 g/mol. The molecule has 0 N–H and O–H groups in total. The summed E-state index contributed by atoms with van der Waals surface area (Å²) in [5.41, 5.74) is 15.0. The van der Waals surface area contributed by atoms with E-state index in [0.29, 0.717) is 0 Å². The van der Waals surface area contributed by atoms with Crippen LogP contribution < -0.4 is 9.80 Å². The quantitative estimate of drug-likeness (QED) is 0.212. The Labute approximate surface area is 258 Å². The third kappa shape index (κ3) is 3.91. The molecule has 0 radical (unpaired) electrons. The van der Waals surface area contributed by atoms with Crippen LogP contribution in [0.4, 0.5) is 23.0 Å². The molecule has 212 valence electrons. The molecule has 1 aliphatic carbocycles. The maximum absolute atomic E-state index is 5.29.